The third kappa shape index (κ3) is 5.37. The zero-order valence-electron chi connectivity index (χ0n) is 18.5. The van der Waals surface area contributed by atoms with Gasteiger partial charge < -0.3 is 14.5 Å². The summed E-state index contributed by atoms with van der Waals surface area (Å²) in [6.45, 7) is 9.07. The smallest absolute Gasteiger partial charge is 0.260 e. The van der Waals surface area contributed by atoms with Crippen molar-refractivity contribution in [3.05, 3.63) is 54.1 Å². The van der Waals surface area contributed by atoms with E-state index in [0.29, 0.717) is 37.5 Å². The summed E-state index contributed by atoms with van der Waals surface area (Å²) in [4.78, 5) is 16.9. The Morgan fingerprint density at radius 3 is 2.23 bits per heavy atom. The summed E-state index contributed by atoms with van der Waals surface area (Å²) in [5, 5.41) is 0. The SMILES string of the molecule is CCN(CC)S(=O)(=O)c1ccc(OCC(=O)N2CCN(c3ccccc3)CC2)c(C)c1. The molecule has 2 aromatic rings. The number of benzene rings is 2. The fraction of sp³-hybridized carbons (Fsp3) is 0.435. The van der Waals surface area contributed by atoms with E-state index in [1.165, 1.54) is 9.99 Å². The summed E-state index contributed by atoms with van der Waals surface area (Å²) in [7, 11) is -3.52. The lowest BCUT2D eigenvalue weighted by atomic mass is 10.2. The Labute approximate surface area is 185 Å². The predicted molar refractivity (Wildman–Crippen MR) is 122 cm³/mol. The highest BCUT2D eigenvalue weighted by Gasteiger charge is 2.24. The normalized spacial score (nSPS) is 14.7. The van der Waals surface area contributed by atoms with Crippen molar-refractivity contribution < 1.29 is 17.9 Å². The first-order valence-corrected chi connectivity index (χ1v) is 12.1. The molecule has 3 rings (SSSR count). The van der Waals surface area contributed by atoms with Crippen LogP contribution in [0, 0.1) is 6.92 Å². The molecule has 0 radical (unpaired) electrons. The number of amides is 1. The van der Waals surface area contributed by atoms with Crippen LogP contribution in [-0.4, -0.2) is 69.4 Å². The summed E-state index contributed by atoms with van der Waals surface area (Å²) in [6, 6.07) is 15.0. The van der Waals surface area contributed by atoms with Gasteiger partial charge in [-0.2, -0.15) is 4.31 Å². The number of nitrogens with zero attached hydrogens (tertiary/aromatic N) is 3. The number of ether oxygens (including phenoxy) is 1. The van der Waals surface area contributed by atoms with Gasteiger partial charge in [0.2, 0.25) is 10.0 Å². The predicted octanol–water partition coefficient (Wildman–Crippen LogP) is 2.75. The van der Waals surface area contributed by atoms with Gasteiger partial charge in [-0.1, -0.05) is 32.0 Å². The first-order chi connectivity index (χ1) is 14.9. The van der Waals surface area contributed by atoms with Crippen LogP contribution in [0.4, 0.5) is 5.69 Å². The molecule has 1 aliphatic heterocycles. The van der Waals surface area contributed by atoms with Crippen molar-refractivity contribution in [3.63, 3.8) is 0 Å². The molecule has 0 saturated carbocycles. The van der Waals surface area contributed by atoms with Crippen LogP contribution in [0.15, 0.2) is 53.4 Å². The van der Waals surface area contributed by atoms with Crippen molar-refractivity contribution in [1.82, 2.24) is 9.21 Å². The Morgan fingerprint density at radius 1 is 1.00 bits per heavy atom. The maximum atomic E-state index is 12.7. The Balaban J connectivity index is 1.56. The van der Waals surface area contributed by atoms with Crippen LogP contribution in [0.25, 0.3) is 0 Å². The van der Waals surface area contributed by atoms with Gasteiger partial charge in [0, 0.05) is 45.0 Å². The fourth-order valence-corrected chi connectivity index (χ4v) is 5.28. The maximum absolute atomic E-state index is 12.7. The molecule has 0 aromatic heterocycles. The van der Waals surface area contributed by atoms with E-state index in [1.807, 2.05) is 36.9 Å². The van der Waals surface area contributed by atoms with Crippen molar-refractivity contribution in [2.45, 2.75) is 25.7 Å². The van der Waals surface area contributed by atoms with Crippen LogP contribution in [0.1, 0.15) is 19.4 Å². The lowest BCUT2D eigenvalue weighted by molar-refractivity contribution is -0.133. The highest BCUT2D eigenvalue weighted by molar-refractivity contribution is 7.89. The fourth-order valence-electron chi connectivity index (χ4n) is 3.74. The minimum absolute atomic E-state index is 0.0612. The molecule has 0 bridgehead atoms. The number of sulfonamides is 1. The standard InChI is InChI=1S/C23H31N3O4S/c1-4-26(5-2)31(28,29)21-11-12-22(19(3)17-21)30-18-23(27)25-15-13-24(14-16-25)20-9-7-6-8-10-20/h6-12,17H,4-5,13-16,18H2,1-3H3. The van der Waals surface area contributed by atoms with Crippen LogP contribution in [0.5, 0.6) is 5.75 Å². The van der Waals surface area contributed by atoms with Crippen LogP contribution >= 0.6 is 0 Å². The maximum Gasteiger partial charge on any atom is 0.260 e. The summed E-state index contributed by atoms with van der Waals surface area (Å²) in [5.41, 5.74) is 1.86. The van der Waals surface area contributed by atoms with Gasteiger partial charge in [-0.3, -0.25) is 4.79 Å². The van der Waals surface area contributed by atoms with Crippen molar-refractivity contribution in [2.75, 3.05) is 50.8 Å². The number of carbonyl (C=O) groups is 1. The first-order valence-electron chi connectivity index (χ1n) is 10.7. The third-order valence-electron chi connectivity index (χ3n) is 5.59. The molecule has 0 unspecified atom stereocenters. The molecule has 0 N–H and O–H groups in total. The molecule has 168 valence electrons. The molecule has 0 aliphatic carbocycles. The first kappa shape index (κ1) is 23.1. The van der Waals surface area contributed by atoms with Gasteiger partial charge in [-0.05, 0) is 42.8 Å². The second kappa shape index (κ2) is 10.2. The number of anilines is 1. The van der Waals surface area contributed by atoms with Gasteiger partial charge in [-0.15, -0.1) is 0 Å². The Morgan fingerprint density at radius 2 is 1.65 bits per heavy atom. The quantitative estimate of drug-likeness (QED) is 0.625. The number of piperazine rings is 1. The van der Waals surface area contributed by atoms with E-state index >= 15 is 0 Å². The molecule has 0 atom stereocenters. The number of aryl methyl sites for hydroxylation is 1. The Kier molecular flexibility index (Phi) is 7.56. The topological polar surface area (TPSA) is 70.2 Å². The van der Waals surface area contributed by atoms with Crippen LogP contribution in [0.2, 0.25) is 0 Å². The molecule has 1 aliphatic rings. The van der Waals surface area contributed by atoms with Crippen LogP contribution < -0.4 is 9.64 Å². The van der Waals surface area contributed by atoms with E-state index in [4.69, 9.17) is 4.74 Å². The molecule has 7 nitrogen and oxygen atoms in total. The summed E-state index contributed by atoms with van der Waals surface area (Å²) in [6.07, 6.45) is 0. The van der Waals surface area contributed by atoms with Crippen molar-refractivity contribution in [1.29, 1.82) is 0 Å². The lowest BCUT2D eigenvalue weighted by Crippen LogP contribution is -2.50. The zero-order chi connectivity index (χ0) is 22.4. The number of rotatable bonds is 8. The molecule has 31 heavy (non-hydrogen) atoms. The van der Waals surface area contributed by atoms with Gasteiger partial charge in [0.15, 0.2) is 6.61 Å². The number of carbonyl (C=O) groups excluding carboxylic acids is 1. The molecule has 0 spiro atoms. The number of hydrogen-bond donors (Lipinski definition) is 0. The van der Waals surface area contributed by atoms with Gasteiger partial charge in [-0.25, -0.2) is 8.42 Å². The molecule has 1 amide bonds. The number of hydrogen-bond acceptors (Lipinski definition) is 5. The average Bonchev–Trinajstić information content (AvgIpc) is 2.79. The van der Waals surface area contributed by atoms with E-state index in [1.54, 1.807) is 25.1 Å². The highest BCUT2D eigenvalue weighted by Crippen LogP contribution is 2.24. The van der Waals surface area contributed by atoms with Crippen LogP contribution in [-0.2, 0) is 14.8 Å². The minimum atomic E-state index is -3.52. The summed E-state index contributed by atoms with van der Waals surface area (Å²) < 4.78 is 32.5. The average molecular weight is 446 g/mol. The van der Waals surface area contributed by atoms with Gasteiger partial charge in [0.25, 0.3) is 5.91 Å². The second-order valence-electron chi connectivity index (χ2n) is 7.51. The summed E-state index contributed by atoms with van der Waals surface area (Å²) in [5.74, 6) is 0.460. The molecule has 1 fully saturated rings. The van der Waals surface area contributed by atoms with Crippen molar-refractivity contribution >= 4 is 21.6 Å². The van der Waals surface area contributed by atoms with Crippen molar-refractivity contribution in [2.24, 2.45) is 0 Å². The van der Waals surface area contributed by atoms with Gasteiger partial charge >= 0.3 is 0 Å². The van der Waals surface area contributed by atoms with E-state index in [0.717, 1.165) is 13.1 Å². The van der Waals surface area contributed by atoms with E-state index in [-0.39, 0.29) is 17.4 Å². The molecular weight excluding hydrogens is 414 g/mol. The molecular formula is C23H31N3O4S. The second-order valence-corrected chi connectivity index (χ2v) is 9.45. The third-order valence-corrected chi connectivity index (χ3v) is 7.64. The van der Waals surface area contributed by atoms with E-state index in [9.17, 15) is 13.2 Å². The largest absolute Gasteiger partial charge is 0.483 e. The lowest BCUT2D eigenvalue weighted by Gasteiger charge is -2.36. The van der Waals surface area contributed by atoms with Gasteiger partial charge in [0.1, 0.15) is 5.75 Å². The molecule has 2 aromatic carbocycles. The molecule has 1 heterocycles. The Hall–Kier alpha value is -2.58. The monoisotopic (exact) mass is 445 g/mol. The van der Waals surface area contributed by atoms with Gasteiger partial charge in [0.05, 0.1) is 4.90 Å². The van der Waals surface area contributed by atoms with E-state index < -0.39 is 10.0 Å². The van der Waals surface area contributed by atoms with Crippen molar-refractivity contribution in [3.8, 4) is 5.75 Å². The molecule has 1 saturated heterocycles. The highest BCUT2D eigenvalue weighted by atomic mass is 32.2. The summed E-state index contributed by atoms with van der Waals surface area (Å²) >= 11 is 0. The molecule has 8 heteroatoms. The van der Waals surface area contributed by atoms with E-state index in [2.05, 4.69) is 17.0 Å². The minimum Gasteiger partial charge on any atom is -0.483 e. The van der Waals surface area contributed by atoms with Crippen LogP contribution in [0.3, 0.4) is 0 Å². The Bertz CT molecular complexity index is 983. The zero-order valence-corrected chi connectivity index (χ0v) is 19.3. The number of para-hydroxylation sites is 1.